The maximum absolute atomic E-state index is 6.02. The average molecular weight is 323 g/mol. The van der Waals surface area contributed by atoms with Crippen molar-refractivity contribution >= 4 is 35.6 Å². The Hall–Kier alpha value is 0.0549. The monoisotopic (exact) mass is 323 g/mol. The molecular formula is C9H17BIN2O2+. The molecule has 0 bridgehead atoms. The summed E-state index contributed by atoms with van der Waals surface area (Å²) in [7, 11) is 1.88. The zero-order valence-corrected chi connectivity index (χ0v) is 11.9. The van der Waals surface area contributed by atoms with Crippen molar-refractivity contribution in [1.29, 1.82) is 0 Å². The molecule has 84 valence electrons. The lowest BCUT2D eigenvalue weighted by Gasteiger charge is -2.28. The summed E-state index contributed by atoms with van der Waals surface area (Å²) in [5.41, 5.74) is -0.324. The number of nitrogens with zero attached hydrogens (tertiary/aromatic N) is 2. The quantitative estimate of drug-likeness (QED) is 0.412. The van der Waals surface area contributed by atoms with E-state index in [4.69, 9.17) is 9.31 Å². The second-order valence-electron chi connectivity index (χ2n) is 4.84. The molecule has 6 heteroatoms. The molecular weight excluding hydrogens is 306 g/mol. The molecule has 15 heavy (non-hydrogen) atoms. The summed E-state index contributed by atoms with van der Waals surface area (Å²) >= 11 is -0.129. The standard InChI is InChI=1S/C9H16BIN2O2/c1-8(2)9(3,4)15-10(14-8)7-11-6-12-13(7)5/h6H,1-5H3/p+1. The van der Waals surface area contributed by atoms with Crippen molar-refractivity contribution in [2.45, 2.75) is 38.9 Å². The lowest BCUT2D eigenvalue weighted by molar-refractivity contribution is -0.0704. The van der Waals surface area contributed by atoms with E-state index in [-0.39, 0.29) is 39.1 Å². The summed E-state index contributed by atoms with van der Waals surface area (Å²) in [5.74, 6) is 0. The highest BCUT2D eigenvalue weighted by molar-refractivity contribution is 14.2. The van der Waals surface area contributed by atoms with Crippen LogP contribution in [0.2, 0.25) is 0 Å². The molecule has 4 nitrogen and oxygen atoms in total. The number of aliphatic hydroxyl groups is 1. The molecule has 0 aromatic heterocycles. The largest absolute Gasteiger partial charge is 0.758 e. The van der Waals surface area contributed by atoms with Crippen molar-refractivity contribution in [3.05, 3.63) is 0 Å². The van der Waals surface area contributed by atoms with Gasteiger partial charge in [-0.3, -0.25) is 5.01 Å². The van der Waals surface area contributed by atoms with Crippen LogP contribution in [0.3, 0.4) is 0 Å². The smallest absolute Gasteiger partial charge is 0.503 e. The third-order valence-corrected chi connectivity index (χ3v) is 5.61. The van der Waals surface area contributed by atoms with Crippen molar-refractivity contribution in [2.24, 2.45) is 5.10 Å². The van der Waals surface area contributed by atoms with E-state index in [0.29, 0.717) is 0 Å². The minimum Gasteiger partial charge on any atom is -0.503 e. The zero-order valence-electron chi connectivity index (χ0n) is 9.78. The van der Waals surface area contributed by atoms with Crippen LogP contribution in [0.1, 0.15) is 27.7 Å². The molecule has 2 aliphatic heterocycles. The number of rotatable bonds is 1. The minimum atomic E-state index is -0.197. The van der Waals surface area contributed by atoms with Gasteiger partial charge in [-0.15, -0.1) is 0 Å². The van der Waals surface area contributed by atoms with Gasteiger partial charge in [-0.05, 0) is 34.6 Å². The Bertz CT molecular complexity index is 325. The van der Waals surface area contributed by atoms with Gasteiger partial charge in [0, 0.05) is 20.9 Å². The van der Waals surface area contributed by atoms with Gasteiger partial charge in [0.2, 0.25) is 0 Å². The first-order valence-electron chi connectivity index (χ1n) is 5.00. The fourth-order valence-corrected chi connectivity index (χ4v) is 3.36. The fraction of sp³-hybridized carbons (Fsp3) is 0.778. The molecule has 0 aromatic rings. The summed E-state index contributed by atoms with van der Waals surface area (Å²) in [5, 5.41) is 6.15. The maximum Gasteiger partial charge on any atom is 0.758 e. The summed E-state index contributed by atoms with van der Waals surface area (Å²) < 4.78 is 14.0. The van der Waals surface area contributed by atoms with Crippen LogP contribution >= 0.6 is 20.7 Å². The van der Waals surface area contributed by atoms with Crippen molar-refractivity contribution in [1.82, 2.24) is 5.01 Å². The summed E-state index contributed by atoms with van der Waals surface area (Å²) in [4.78, 5) is 0. The lowest BCUT2D eigenvalue weighted by atomic mass is 9.90. The molecule has 0 aliphatic carbocycles. The maximum atomic E-state index is 6.02. The number of hydrogen-bond acceptors (Lipinski definition) is 3. The van der Waals surface area contributed by atoms with E-state index in [1.54, 1.807) is 0 Å². The van der Waals surface area contributed by atoms with E-state index in [2.05, 4.69) is 32.8 Å². The van der Waals surface area contributed by atoms with Crippen LogP contribution < -0.4 is 0 Å². The fourth-order valence-electron chi connectivity index (χ4n) is 1.48. The molecule has 2 rings (SSSR count). The van der Waals surface area contributed by atoms with E-state index in [9.17, 15) is 0 Å². The van der Waals surface area contributed by atoms with Gasteiger partial charge in [-0.1, -0.05) is 0 Å². The van der Waals surface area contributed by atoms with Crippen molar-refractivity contribution < 1.29 is 9.31 Å². The van der Waals surface area contributed by atoms with Gasteiger partial charge in [0.25, 0.3) is 0 Å². The van der Waals surface area contributed by atoms with Crippen LogP contribution in [-0.2, 0) is 4.65 Å². The van der Waals surface area contributed by atoms with E-state index in [1.165, 1.54) is 3.53 Å². The molecule has 2 aliphatic rings. The predicted molar refractivity (Wildman–Crippen MR) is 72.5 cm³/mol. The average Bonchev–Trinajstić information content (AvgIpc) is 2.55. The zero-order chi connectivity index (χ0) is 11.3. The first-order chi connectivity index (χ1) is 6.83. The molecule has 0 spiro atoms. The molecule has 1 fully saturated rings. The van der Waals surface area contributed by atoms with E-state index < -0.39 is 0 Å². The van der Waals surface area contributed by atoms with Crippen LogP contribution in [0.15, 0.2) is 5.10 Å². The van der Waals surface area contributed by atoms with Crippen molar-refractivity contribution in [3.8, 4) is 0 Å². The lowest BCUT2D eigenvalue weighted by Crippen LogP contribution is -2.43. The highest BCUT2D eigenvalue weighted by atomic mass is 127. The summed E-state index contributed by atoms with van der Waals surface area (Å²) in [6.45, 7) is 8.46. The van der Waals surface area contributed by atoms with E-state index >= 15 is 0 Å². The molecule has 0 aromatic carbocycles. The van der Waals surface area contributed by atoms with Gasteiger partial charge in [0.1, 0.15) is 5.60 Å². The van der Waals surface area contributed by atoms with Gasteiger partial charge < -0.3 is 9.31 Å². The molecule has 0 amide bonds. The van der Waals surface area contributed by atoms with E-state index in [0.717, 1.165) is 0 Å². The van der Waals surface area contributed by atoms with Crippen LogP contribution in [0, 0.1) is 0 Å². The van der Waals surface area contributed by atoms with Gasteiger partial charge in [-0.25, -0.2) is 0 Å². The van der Waals surface area contributed by atoms with Gasteiger partial charge in [0.05, 0.1) is 4.22 Å². The van der Waals surface area contributed by atoms with Crippen LogP contribution in [0.5, 0.6) is 0 Å². The minimum absolute atomic E-state index is 0.0877. The number of hydrazone groups is 1. The first kappa shape index (κ1) is 11.5. The topological polar surface area (TPSA) is 37.6 Å². The third-order valence-electron chi connectivity index (χ3n) is 3.21. The second kappa shape index (κ2) is 3.53. The summed E-state index contributed by atoms with van der Waals surface area (Å²) in [6, 6.07) is 0. The Labute approximate surface area is 101 Å². The molecule has 1 saturated heterocycles. The Balaban J connectivity index is 2.17. The van der Waals surface area contributed by atoms with Crippen LogP contribution in [-0.4, -0.2) is 42.8 Å². The number of halogens is 1. The van der Waals surface area contributed by atoms with Crippen LogP contribution in [0.25, 0.3) is 0 Å². The van der Waals surface area contributed by atoms with Crippen LogP contribution in [0.4, 0.5) is 0 Å². The Morgan fingerprint density at radius 1 is 1.47 bits per heavy atom. The Morgan fingerprint density at radius 2 is 2.13 bits per heavy atom. The normalized spacial score (nSPS) is 27.9. The third kappa shape index (κ3) is 1.87. The molecule has 1 N–H and O–H groups in total. The molecule has 0 atom stereocenters. The summed E-state index contributed by atoms with van der Waals surface area (Å²) in [6.07, 6.45) is 0. The first-order valence-corrected chi connectivity index (χ1v) is 7.32. The van der Waals surface area contributed by atoms with Crippen molar-refractivity contribution in [3.63, 3.8) is 0 Å². The predicted octanol–water partition coefficient (Wildman–Crippen LogP) is 1.12. The Kier molecular flexibility index (Phi) is 2.71. The SMILES string of the molecule is CN1N=CI=C1B1OC(C)(C)C(C)(C)[OH+]1. The highest BCUT2D eigenvalue weighted by Gasteiger charge is 2.61. The molecule has 2 heterocycles. The van der Waals surface area contributed by atoms with Gasteiger partial charge in [-0.2, -0.15) is 5.10 Å². The molecule has 0 unspecified atom stereocenters. The highest BCUT2D eigenvalue weighted by Crippen LogP contribution is 2.36. The second-order valence-corrected chi connectivity index (χ2v) is 7.12. The van der Waals surface area contributed by atoms with E-state index in [1.807, 2.05) is 16.3 Å². The van der Waals surface area contributed by atoms with Gasteiger partial charge in [0.15, 0.2) is 9.13 Å². The van der Waals surface area contributed by atoms with Gasteiger partial charge >= 0.3 is 7.12 Å². The van der Waals surface area contributed by atoms with Crippen molar-refractivity contribution in [2.75, 3.05) is 7.05 Å². The Morgan fingerprint density at radius 3 is 2.53 bits per heavy atom. The molecule has 0 saturated carbocycles. The molecule has 0 radical (unpaired) electrons. The number of hydrogen-bond donors (Lipinski definition) is 0.